The summed E-state index contributed by atoms with van der Waals surface area (Å²) in [7, 11) is 0. The van der Waals surface area contributed by atoms with E-state index in [-0.39, 0.29) is 11.6 Å². The van der Waals surface area contributed by atoms with E-state index in [1.807, 2.05) is 36.4 Å². The second-order valence-corrected chi connectivity index (χ2v) is 6.39. The van der Waals surface area contributed by atoms with Crippen molar-refractivity contribution in [3.8, 4) is 0 Å². The Morgan fingerprint density at radius 1 is 1.08 bits per heavy atom. The molecule has 1 amide bonds. The van der Waals surface area contributed by atoms with Gasteiger partial charge in [-0.2, -0.15) is 0 Å². The van der Waals surface area contributed by atoms with Gasteiger partial charge in [0.2, 0.25) is 5.91 Å². The van der Waals surface area contributed by atoms with E-state index in [4.69, 9.17) is 5.73 Å². The predicted octanol–water partition coefficient (Wildman–Crippen LogP) is 1.81. The van der Waals surface area contributed by atoms with Crippen molar-refractivity contribution in [3.05, 3.63) is 70.3 Å². The quantitative estimate of drug-likeness (QED) is 0.653. The molecule has 26 heavy (non-hydrogen) atoms. The van der Waals surface area contributed by atoms with Crippen molar-refractivity contribution >= 4 is 17.3 Å². The first-order valence-electron chi connectivity index (χ1n) is 8.62. The minimum absolute atomic E-state index is 0.0486. The van der Waals surface area contributed by atoms with Crippen LogP contribution in [0.1, 0.15) is 5.56 Å². The third-order valence-electron chi connectivity index (χ3n) is 4.61. The molecule has 1 fully saturated rings. The summed E-state index contributed by atoms with van der Waals surface area (Å²) in [6, 6.07) is 15.8. The van der Waals surface area contributed by atoms with Crippen LogP contribution in [0.2, 0.25) is 0 Å². The summed E-state index contributed by atoms with van der Waals surface area (Å²) >= 11 is 0. The van der Waals surface area contributed by atoms with Crippen LogP contribution in [0.15, 0.2) is 54.6 Å². The number of rotatable bonds is 5. The number of nitrogens with two attached hydrogens (primary N) is 1. The van der Waals surface area contributed by atoms with Crippen molar-refractivity contribution in [1.82, 2.24) is 4.90 Å². The molecular weight excluding hydrogens is 332 g/mol. The molecule has 7 heteroatoms. The molecule has 0 aromatic heterocycles. The summed E-state index contributed by atoms with van der Waals surface area (Å²) in [6.45, 7) is 2.38. The Morgan fingerprint density at radius 2 is 1.77 bits per heavy atom. The monoisotopic (exact) mass is 354 g/mol. The molecule has 3 rings (SSSR count). The molecule has 0 saturated carbocycles. The third-order valence-corrected chi connectivity index (χ3v) is 4.61. The lowest BCUT2D eigenvalue weighted by molar-refractivity contribution is -0.384. The minimum Gasteiger partial charge on any atom is -0.368 e. The lowest BCUT2D eigenvalue weighted by Crippen LogP contribution is -2.53. The highest BCUT2D eigenvalue weighted by atomic mass is 16.6. The van der Waals surface area contributed by atoms with Crippen molar-refractivity contribution in [2.45, 2.75) is 12.5 Å². The van der Waals surface area contributed by atoms with Gasteiger partial charge in [0, 0.05) is 44.0 Å². The van der Waals surface area contributed by atoms with Crippen LogP contribution in [-0.4, -0.2) is 48.0 Å². The lowest BCUT2D eigenvalue weighted by Gasteiger charge is -2.37. The number of hydrogen-bond acceptors (Lipinski definition) is 5. The van der Waals surface area contributed by atoms with E-state index in [0.29, 0.717) is 32.6 Å². The number of carbonyl (C=O) groups excluding carboxylic acids is 1. The zero-order chi connectivity index (χ0) is 18.5. The molecule has 1 aliphatic rings. The highest BCUT2D eigenvalue weighted by Crippen LogP contribution is 2.22. The van der Waals surface area contributed by atoms with Crippen LogP contribution in [0.25, 0.3) is 0 Å². The fourth-order valence-electron chi connectivity index (χ4n) is 3.18. The standard InChI is InChI=1S/C19H22N4O3/c20-18(13-15-5-2-1-3-6-15)19(24)22-11-9-21(10-12-22)16-7-4-8-17(14-16)23(25)26/h1-8,14,18H,9-13,20H2. The Morgan fingerprint density at radius 3 is 2.42 bits per heavy atom. The summed E-state index contributed by atoms with van der Waals surface area (Å²) in [5.41, 5.74) is 8.02. The summed E-state index contributed by atoms with van der Waals surface area (Å²) < 4.78 is 0. The highest BCUT2D eigenvalue weighted by molar-refractivity contribution is 5.82. The molecule has 7 nitrogen and oxygen atoms in total. The van der Waals surface area contributed by atoms with Crippen molar-refractivity contribution in [2.24, 2.45) is 5.73 Å². The molecule has 0 bridgehead atoms. The maximum Gasteiger partial charge on any atom is 0.271 e. The summed E-state index contributed by atoms with van der Waals surface area (Å²) in [5.74, 6) is -0.0486. The molecule has 1 aliphatic heterocycles. The zero-order valence-corrected chi connectivity index (χ0v) is 14.5. The first kappa shape index (κ1) is 17.9. The van der Waals surface area contributed by atoms with Crippen molar-refractivity contribution < 1.29 is 9.72 Å². The largest absolute Gasteiger partial charge is 0.368 e. The third kappa shape index (κ3) is 4.18. The van der Waals surface area contributed by atoms with Crippen molar-refractivity contribution in [2.75, 3.05) is 31.1 Å². The Bertz CT molecular complexity index is 773. The van der Waals surface area contributed by atoms with E-state index in [1.165, 1.54) is 6.07 Å². The lowest BCUT2D eigenvalue weighted by atomic mass is 10.1. The number of benzene rings is 2. The number of carbonyl (C=O) groups is 1. The fraction of sp³-hybridized carbons (Fsp3) is 0.316. The molecule has 2 N–H and O–H groups in total. The molecule has 1 atom stereocenters. The molecule has 1 heterocycles. The van der Waals surface area contributed by atoms with Crippen molar-refractivity contribution in [3.63, 3.8) is 0 Å². The Kier molecular flexibility index (Phi) is 5.48. The van der Waals surface area contributed by atoms with Gasteiger partial charge in [-0.15, -0.1) is 0 Å². The van der Waals surface area contributed by atoms with Gasteiger partial charge in [-0.3, -0.25) is 14.9 Å². The maximum absolute atomic E-state index is 12.6. The average molecular weight is 354 g/mol. The first-order chi connectivity index (χ1) is 12.5. The van der Waals surface area contributed by atoms with E-state index in [9.17, 15) is 14.9 Å². The van der Waals surface area contributed by atoms with Gasteiger partial charge in [0.25, 0.3) is 5.69 Å². The van der Waals surface area contributed by atoms with Crippen LogP contribution in [0.4, 0.5) is 11.4 Å². The molecular formula is C19H22N4O3. The number of piperazine rings is 1. The smallest absolute Gasteiger partial charge is 0.271 e. The van der Waals surface area contributed by atoms with E-state index in [2.05, 4.69) is 4.90 Å². The van der Waals surface area contributed by atoms with Gasteiger partial charge < -0.3 is 15.5 Å². The van der Waals surface area contributed by atoms with Crippen LogP contribution in [-0.2, 0) is 11.2 Å². The summed E-state index contributed by atoms with van der Waals surface area (Å²) in [5, 5.41) is 10.9. The van der Waals surface area contributed by atoms with Gasteiger partial charge in [-0.05, 0) is 18.1 Å². The number of amides is 1. The summed E-state index contributed by atoms with van der Waals surface area (Å²) in [4.78, 5) is 26.9. The Labute approximate surface area is 152 Å². The van der Waals surface area contributed by atoms with Gasteiger partial charge in [-0.1, -0.05) is 36.4 Å². The first-order valence-corrected chi connectivity index (χ1v) is 8.62. The van der Waals surface area contributed by atoms with Crippen LogP contribution in [0.5, 0.6) is 0 Å². The van der Waals surface area contributed by atoms with E-state index >= 15 is 0 Å². The molecule has 2 aromatic carbocycles. The normalized spacial score (nSPS) is 15.6. The second-order valence-electron chi connectivity index (χ2n) is 6.39. The fourth-order valence-corrected chi connectivity index (χ4v) is 3.18. The number of non-ortho nitro benzene ring substituents is 1. The number of nitrogens with zero attached hydrogens (tertiary/aromatic N) is 3. The molecule has 2 aromatic rings. The van der Waals surface area contributed by atoms with Crippen LogP contribution in [0.3, 0.4) is 0 Å². The summed E-state index contributed by atoms with van der Waals surface area (Å²) in [6.07, 6.45) is 0.519. The van der Waals surface area contributed by atoms with Crippen LogP contribution in [0, 0.1) is 10.1 Å². The number of hydrogen-bond donors (Lipinski definition) is 1. The van der Waals surface area contributed by atoms with Gasteiger partial charge in [0.15, 0.2) is 0 Å². The molecule has 136 valence electrons. The van der Waals surface area contributed by atoms with E-state index in [0.717, 1.165) is 11.3 Å². The molecule has 1 saturated heterocycles. The molecule has 0 radical (unpaired) electrons. The minimum atomic E-state index is -0.554. The highest BCUT2D eigenvalue weighted by Gasteiger charge is 2.26. The maximum atomic E-state index is 12.6. The Hall–Kier alpha value is -2.93. The topological polar surface area (TPSA) is 92.7 Å². The van der Waals surface area contributed by atoms with E-state index < -0.39 is 11.0 Å². The van der Waals surface area contributed by atoms with Crippen LogP contribution >= 0.6 is 0 Å². The van der Waals surface area contributed by atoms with Crippen molar-refractivity contribution in [1.29, 1.82) is 0 Å². The van der Waals surface area contributed by atoms with Gasteiger partial charge >= 0.3 is 0 Å². The van der Waals surface area contributed by atoms with E-state index in [1.54, 1.807) is 17.0 Å². The number of nitro benzene ring substituents is 1. The molecule has 1 unspecified atom stereocenters. The Balaban J connectivity index is 1.57. The van der Waals surface area contributed by atoms with Crippen LogP contribution < -0.4 is 10.6 Å². The average Bonchev–Trinajstić information content (AvgIpc) is 2.68. The predicted molar refractivity (Wildman–Crippen MR) is 100 cm³/mol. The molecule has 0 spiro atoms. The zero-order valence-electron chi connectivity index (χ0n) is 14.5. The van der Waals surface area contributed by atoms with Gasteiger partial charge in [0.05, 0.1) is 11.0 Å². The second kappa shape index (κ2) is 7.97. The number of nitro groups is 1. The SMILES string of the molecule is NC(Cc1ccccc1)C(=O)N1CCN(c2cccc([N+](=O)[O-])c2)CC1. The number of anilines is 1. The van der Waals surface area contributed by atoms with Gasteiger partial charge in [-0.25, -0.2) is 0 Å². The molecule has 0 aliphatic carbocycles. The van der Waals surface area contributed by atoms with Gasteiger partial charge in [0.1, 0.15) is 0 Å².